The maximum absolute atomic E-state index is 13.2. The van der Waals surface area contributed by atoms with E-state index in [4.69, 9.17) is 18.6 Å². The summed E-state index contributed by atoms with van der Waals surface area (Å²) in [6.45, 7) is 1.72. The number of benzene rings is 1. The molecule has 0 bridgehead atoms. The molecule has 154 valence electrons. The van der Waals surface area contributed by atoms with Gasteiger partial charge in [0.05, 0.1) is 37.4 Å². The molecule has 9 heteroatoms. The van der Waals surface area contributed by atoms with Crippen molar-refractivity contribution in [2.45, 2.75) is 19.3 Å². The highest BCUT2D eigenvalue weighted by atomic mass is 16.5. The lowest BCUT2D eigenvalue weighted by atomic mass is 9.86. The van der Waals surface area contributed by atoms with Crippen molar-refractivity contribution in [2.75, 3.05) is 13.7 Å². The first-order valence-corrected chi connectivity index (χ1v) is 9.17. The number of aromatic amines is 1. The second kappa shape index (κ2) is 7.51. The second-order valence-corrected chi connectivity index (χ2v) is 6.61. The Morgan fingerprint density at radius 3 is 2.80 bits per heavy atom. The molecule has 4 rings (SSSR count). The number of pyridine rings is 1. The summed E-state index contributed by atoms with van der Waals surface area (Å²) in [6, 6.07) is 4.76. The lowest BCUT2D eigenvalue weighted by Gasteiger charge is -2.24. The van der Waals surface area contributed by atoms with E-state index in [0.717, 1.165) is 6.20 Å². The van der Waals surface area contributed by atoms with Gasteiger partial charge in [-0.1, -0.05) is 0 Å². The number of carbonyl (C=O) groups is 2. The van der Waals surface area contributed by atoms with Crippen LogP contribution in [0.25, 0.3) is 11.0 Å². The molecule has 9 nitrogen and oxygen atoms in total. The smallest absolute Gasteiger partial charge is 0.343 e. The van der Waals surface area contributed by atoms with Crippen LogP contribution in [-0.2, 0) is 9.53 Å². The monoisotopic (exact) mass is 411 g/mol. The molecule has 1 N–H and O–H groups in total. The van der Waals surface area contributed by atoms with Crippen molar-refractivity contribution in [2.24, 2.45) is 0 Å². The Morgan fingerprint density at radius 1 is 1.27 bits per heavy atom. The number of fused-ring (bicyclic) bond motifs is 2. The lowest BCUT2D eigenvalue weighted by Crippen LogP contribution is -2.32. The summed E-state index contributed by atoms with van der Waals surface area (Å²) < 4.78 is 20.9. The van der Waals surface area contributed by atoms with Gasteiger partial charge in [-0.15, -0.1) is 0 Å². The highest BCUT2D eigenvalue weighted by Crippen LogP contribution is 2.38. The molecule has 3 heterocycles. The predicted molar refractivity (Wildman–Crippen MR) is 104 cm³/mol. The minimum absolute atomic E-state index is 0.00491. The molecule has 0 saturated heterocycles. The number of aromatic nitrogens is 1. The number of nitrogens with one attached hydrogen (secondary N) is 1. The average Bonchev–Trinajstić information content (AvgIpc) is 2.73. The molecule has 3 aromatic rings. The van der Waals surface area contributed by atoms with Crippen LogP contribution >= 0.6 is 0 Å². The fraction of sp³-hybridized carbons (Fsp3) is 0.238. The van der Waals surface area contributed by atoms with Crippen LogP contribution in [0.2, 0.25) is 0 Å². The van der Waals surface area contributed by atoms with E-state index < -0.39 is 28.8 Å². The molecule has 0 spiro atoms. The van der Waals surface area contributed by atoms with Crippen molar-refractivity contribution in [1.82, 2.24) is 4.98 Å². The van der Waals surface area contributed by atoms with Gasteiger partial charge in [0, 0.05) is 17.7 Å². The fourth-order valence-corrected chi connectivity index (χ4v) is 3.50. The standard InChI is InChI=1S/C21H17NO8/c1-3-28-21(26)13-8-22-20(25)17-11(7-16(23)30-19(13)17)14-9-29-15-5-4-10(27-2)6-12(15)18(14)24/h4-6,8-9,11H,3,7H2,1-2H3,(H,22,25)/t11-/m0/s1. The average molecular weight is 411 g/mol. The van der Waals surface area contributed by atoms with Crippen molar-refractivity contribution in [3.8, 4) is 11.5 Å². The van der Waals surface area contributed by atoms with Crippen LogP contribution in [0.1, 0.15) is 40.7 Å². The van der Waals surface area contributed by atoms with Crippen LogP contribution in [0.3, 0.4) is 0 Å². The molecule has 0 aliphatic carbocycles. The summed E-state index contributed by atoms with van der Waals surface area (Å²) in [5, 5.41) is 0.241. The summed E-state index contributed by atoms with van der Waals surface area (Å²) in [5.41, 5.74) is -0.675. The van der Waals surface area contributed by atoms with E-state index in [1.807, 2.05) is 0 Å². The van der Waals surface area contributed by atoms with Gasteiger partial charge in [0.25, 0.3) is 5.56 Å². The highest BCUT2D eigenvalue weighted by Gasteiger charge is 2.36. The van der Waals surface area contributed by atoms with E-state index in [2.05, 4.69) is 4.98 Å². The van der Waals surface area contributed by atoms with Gasteiger partial charge in [-0.25, -0.2) is 4.79 Å². The van der Waals surface area contributed by atoms with Crippen molar-refractivity contribution in [1.29, 1.82) is 0 Å². The van der Waals surface area contributed by atoms with Crippen LogP contribution in [0.4, 0.5) is 0 Å². The van der Waals surface area contributed by atoms with Gasteiger partial charge in [0.2, 0.25) is 0 Å². The van der Waals surface area contributed by atoms with Crippen LogP contribution in [0, 0.1) is 0 Å². The second-order valence-electron chi connectivity index (χ2n) is 6.61. The van der Waals surface area contributed by atoms with Crippen LogP contribution < -0.4 is 20.5 Å². The van der Waals surface area contributed by atoms with Crippen LogP contribution in [-0.4, -0.2) is 30.6 Å². The minimum atomic E-state index is -0.953. The number of H-pyrrole nitrogens is 1. The Kier molecular flexibility index (Phi) is 4.86. The molecule has 1 aliphatic rings. The Balaban J connectivity index is 1.94. The first-order chi connectivity index (χ1) is 14.4. The highest BCUT2D eigenvalue weighted by molar-refractivity contribution is 5.94. The number of esters is 2. The summed E-state index contributed by atoms with van der Waals surface area (Å²) in [4.78, 5) is 52.8. The van der Waals surface area contributed by atoms with Crippen LogP contribution in [0.5, 0.6) is 11.5 Å². The zero-order valence-electron chi connectivity index (χ0n) is 16.1. The molecule has 0 fully saturated rings. The maximum Gasteiger partial charge on any atom is 0.343 e. The number of ether oxygens (including phenoxy) is 3. The Morgan fingerprint density at radius 2 is 2.07 bits per heavy atom. The summed E-state index contributed by atoms with van der Waals surface area (Å²) in [6.07, 6.45) is 2.09. The Bertz CT molecular complexity index is 1290. The van der Waals surface area contributed by atoms with Gasteiger partial charge in [-0.05, 0) is 25.1 Å². The molecule has 1 atom stereocenters. The van der Waals surface area contributed by atoms with E-state index in [0.29, 0.717) is 11.3 Å². The molecule has 2 aromatic heterocycles. The summed E-state index contributed by atoms with van der Waals surface area (Å²) in [5.74, 6) is -2.14. The number of rotatable bonds is 4. The maximum atomic E-state index is 13.2. The molecule has 30 heavy (non-hydrogen) atoms. The SMILES string of the molecule is CCOC(=O)c1c[nH]c(=O)c2c1OC(=O)C[C@H]2c1coc2ccc(OC)cc2c1=O. The third kappa shape index (κ3) is 3.14. The normalized spacial score (nSPS) is 15.4. The van der Waals surface area contributed by atoms with Crippen LogP contribution in [0.15, 0.2) is 44.7 Å². The predicted octanol–water partition coefficient (Wildman–Crippen LogP) is 2.11. The van der Waals surface area contributed by atoms with Gasteiger partial charge in [-0.2, -0.15) is 0 Å². The van der Waals surface area contributed by atoms with Gasteiger partial charge in [-0.3, -0.25) is 14.4 Å². The Hall–Kier alpha value is -3.88. The van der Waals surface area contributed by atoms with E-state index >= 15 is 0 Å². The molecule has 1 aliphatic heterocycles. The molecule has 1 aromatic carbocycles. The summed E-state index contributed by atoms with van der Waals surface area (Å²) in [7, 11) is 1.47. The number of hydrogen-bond donors (Lipinski definition) is 1. The molecule has 0 saturated carbocycles. The molecule has 0 radical (unpaired) electrons. The zero-order chi connectivity index (χ0) is 21.4. The quantitative estimate of drug-likeness (QED) is 0.647. The van der Waals surface area contributed by atoms with Crippen molar-refractivity contribution >= 4 is 22.9 Å². The first kappa shape index (κ1) is 19.4. The van der Waals surface area contributed by atoms with Gasteiger partial charge < -0.3 is 23.6 Å². The van der Waals surface area contributed by atoms with E-state index in [-0.39, 0.29) is 40.9 Å². The molecular weight excluding hydrogens is 394 g/mol. The number of hydrogen-bond acceptors (Lipinski definition) is 8. The lowest BCUT2D eigenvalue weighted by molar-refractivity contribution is -0.135. The first-order valence-electron chi connectivity index (χ1n) is 9.17. The molecular formula is C21H17NO8. The van der Waals surface area contributed by atoms with Gasteiger partial charge in [0.15, 0.2) is 11.2 Å². The fourth-order valence-electron chi connectivity index (χ4n) is 3.50. The van der Waals surface area contributed by atoms with E-state index in [9.17, 15) is 19.2 Å². The number of methoxy groups -OCH3 is 1. The van der Waals surface area contributed by atoms with Gasteiger partial charge in [0.1, 0.15) is 16.9 Å². The topological polar surface area (TPSA) is 125 Å². The number of carbonyl (C=O) groups excluding carboxylic acids is 2. The largest absolute Gasteiger partial charge is 0.497 e. The van der Waals surface area contributed by atoms with Gasteiger partial charge >= 0.3 is 11.9 Å². The summed E-state index contributed by atoms with van der Waals surface area (Å²) >= 11 is 0. The third-order valence-corrected chi connectivity index (χ3v) is 4.89. The van der Waals surface area contributed by atoms with Crippen molar-refractivity contribution < 1.29 is 28.2 Å². The molecule has 0 amide bonds. The zero-order valence-corrected chi connectivity index (χ0v) is 16.1. The molecule has 0 unspecified atom stereocenters. The van der Waals surface area contributed by atoms with E-state index in [1.165, 1.54) is 19.4 Å². The van der Waals surface area contributed by atoms with Crippen molar-refractivity contribution in [3.05, 3.63) is 67.9 Å². The minimum Gasteiger partial charge on any atom is -0.497 e. The van der Waals surface area contributed by atoms with E-state index in [1.54, 1.807) is 19.1 Å². The third-order valence-electron chi connectivity index (χ3n) is 4.89. The Labute approximate surface area is 169 Å². The van der Waals surface area contributed by atoms with Crippen molar-refractivity contribution in [3.63, 3.8) is 0 Å².